The van der Waals surface area contributed by atoms with E-state index in [4.69, 9.17) is 5.26 Å². The lowest BCUT2D eigenvalue weighted by Gasteiger charge is -2.01. The van der Waals surface area contributed by atoms with E-state index in [0.29, 0.717) is 18.5 Å². The lowest BCUT2D eigenvalue weighted by molar-refractivity contribution is 0.624. The van der Waals surface area contributed by atoms with Crippen LogP contribution in [-0.2, 0) is 0 Å². The average Bonchev–Trinajstić information content (AvgIpc) is 2.67. The molecule has 1 unspecified atom stereocenters. The molecule has 0 saturated heterocycles. The predicted molar refractivity (Wildman–Crippen MR) is 51.5 cm³/mol. The number of nitriles is 1. The molecule has 14 heavy (non-hydrogen) atoms. The Labute approximate surface area is 81.7 Å². The molecule has 1 aromatic carbocycles. The van der Waals surface area contributed by atoms with Crippen LogP contribution in [-0.4, -0.2) is 12.3 Å². The van der Waals surface area contributed by atoms with Gasteiger partial charge in [-0.1, -0.05) is 18.2 Å². The van der Waals surface area contributed by atoms with Gasteiger partial charge >= 0.3 is 0 Å². The number of halogens is 1. The van der Waals surface area contributed by atoms with Crippen molar-refractivity contribution in [1.29, 1.82) is 5.26 Å². The summed E-state index contributed by atoms with van der Waals surface area (Å²) in [6.45, 7) is 0.500. The van der Waals surface area contributed by atoms with Gasteiger partial charge in [0.1, 0.15) is 5.82 Å². The van der Waals surface area contributed by atoms with Crippen LogP contribution in [0.3, 0.4) is 0 Å². The first-order valence-electron chi connectivity index (χ1n) is 4.49. The highest BCUT2D eigenvalue weighted by molar-refractivity contribution is 6.02. The average molecular weight is 188 g/mol. The van der Waals surface area contributed by atoms with Crippen LogP contribution in [0.15, 0.2) is 29.3 Å². The summed E-state index contributed by atoms with van der Waals surface area (Å²) in [6.07, 6.45) is 0.567. The van der Waals surface area contributed by atoms with Gasteiger partial charge in [-0.3, -0.25) is 4.99 Å². The zero-order chi connectivity index (χ0) is 9.97. The van der Waals surface area contributed by atoms with Crippen molar-refractivity contribution < 1.29 is 4.39 Å². The third-order valence-corrected chi connectivity index (χ3v) is 2.31. The van der Waals surface area contributed by atoms with E-state index in [9.17, 15) is 4.39 Å². The summed E-state index contributed by atoms with van der Waals surface area (Å²) in [4.78, 5) is 4.17. The topological polar surface area (TPSA) is 36.1 Å². The minimum absolute atomic E-state index is 0.0791. The molecular weight excluding hydrogens is 179 g/mol. The number of rotatable bonds is 1. The van der Waals surface area contributed by atoms with Crippen LogP contribution in [0.4, 0.5) is 4.39 Å². The van der Waals surface area contributed by atoms with E-state index in [-0.39, 0.29) is 11.7 Å². The Balaban J connectivity index is 2.27. The van der Waals surface area contributed by atoms with E-state index < -0.39 is 0 Å². The predicted octanol–water partition coefficient (Wildman–Crippen LogP) is 2.16. The molecule has 0 fully saturated rings. The Morgan fingerprint density at radius 3 is 2.86 bits per heavy atom. The highest BCUT2D eigenvalue weighted by atomic mass is 19.1. The first-order valence-corrected chi connectivity index (χ1v) is 4.49. The van der Waals surface area contributed by atoms with Crippen LogP contribution in [0.1, 0.15) is 12.0 Å². The molecule has 0 aliphatic carbocycles. The van der Waals surface area contributed by atoms with Crippen molar-refractivity contribution in [2.75, 3.05) is 6.54 Å². The van der Waals surface area contributed by atoms with Crippen molar-refractivity contribution in [2.45, 2.75) is 6.42 Å². The summed E-state index contributed by atoms with van der Waals surface area (Å²) in [7, 11) is 0. The largest absolute Gasteiger partial charge is 0.288 e. The second kappa shape index (κ2) is 3.59. The van der Waals surface area contributed by atoms with E-state index in [1.165, 1.54) is 6.07 Å². The first-order chi connectivity index (χ1) is 6.81. The summed E-state index contributed by atoms with van der Waals surface area (Å²) < 4.78 is 13.3. The fourth-order valence-corrected chi connectivity index (χ4v) is 1.56. The summed E-state index contributed by atoms with van der Waals surface area (Å²) in [6, 6.07) is 8.69. The first kappa shape index (κ1) is 8.89. The smallest absolute Gasteiger partial charge is 0.132 e. The molecule has 0 N–H and O–H groups in total. The van der Waals surface area contributed by atoms with Crippen LogP contribution in [0.25, 0.3) is 0 Å². The van der Waals surface area contributed by atoms with Crippen molar-refractivity contribution in [3.63, 3.8) is 0 Å². The van der Waals surface area contributed by atoms with Crippen LogP contribution < -0.4 is 0 Å². The fourth-order valence-electron chi connectivity index (χ4n) is 1.56. The Hall–Kier alpha value is -1.69. The lowest BCUT2D eigenvalue weighted by atomic mass is 10.0. The van der Waals surface area contributed by atoms with Crippen LogP contribution in [0.5, 0.6) is 0 Å². The van der Waals surface area contributed by atoms with Gasteiger partial charge in [0.05, 0.1) is 18.5 Å². The van der Waals surface area contributed by atoms with E-state index in [1.54, 1.807) is 18.2 Å². The lowest BCUT2D eigenvalue weighted by Crippen LogP contribution is -2.03. The number of nitrogens with zero attached hydrogens (tertiary/aromatic N) is 2. The quantitative estimate of drug-likeness (QED) is 0.665. The van der Waals surface area contributed by atoms with Crippen molar-refractivity contribution >= 4 is 5.71 Å². The Kier molecular flexibility index (Phi) is 2.28. The molecule has 1 aliphatic rings. The van der Waals surface area contributed by atoms with Gasteiger partial charge < -0.3 is 0 Å². The number of aliphatic imine (C=N–C) groups is 1. The van der Waals surface area contributed by atoms with E-state index in [0.717, 1.165) is 5.71 Å². The van der Waals surface area contributed by atoms with Gasteiger partial charge in [-0.2, -0.15) is 5.26 Å². The Morgan fingerprint density at radius 2 is 2.21 bits per heavy atom. The van der Waals surface area contributed by atoms with Crippen molar-refractivity contribution in [1.82, 2.24) is 0 Å². The zero-order valence-electron chi connectivity index (χ0n) is 7.57. The molecule has 1 aliphatic heterocycles. The molecular formula is C11H9FN2. The molecule has 1 heterocycles. The van der Waals surface area contributed by atoms with E-state index >= 15 is 0 Å². The molecule has 0 saturated carbocycles. The molecule has 2 rings (SSSR count). The Bertz CT molecular complexity index is 418. The van der Waals surface area contributed by atoms with Crippen LogP contribution >= 0.6 is 0 Å². The minimum Gasteiger partial charge on any atom is -0.288 e. The van der Waals surface area contributed by atoms with Gasteiger partial charge in [-0.15, -0.1) is 0 Å². The van der Waals surface area contributed by atoms with Crippen molar-refractivity contribution in [3.8, 4) is 6.07 Å². The normalized spacial score (nSPS) is 20.3. The summed E-state index contributed by atoms with van der Waals surface area (Å²) in [5.41, 5.74) is 1.25. The third kappa shape index (κ3) is 1.51. The van der Waals surface area contributed by atoms with Gasteiger partial charge in [0.2, 0.25) is 0 Å². The molecule has 0 bridgehead atoms. The molecule has 1 aromatic rings. The molecule has 0 radical (unpaired) electrons. The molecule has 2 nitrogen and oxygen atoms in total. The molecule has 0 spiro atoms. The van der Waals surface area contributed by atoms with Crippen molar-refractivity contribution in [3.05, 3.63) is 35.6 Å². The highest BCUT2D eigenvalue weighted by Gasteiger charge is 2.20. The van der Waals surface area contributed by atoms with Crippen LogP contribution in [0.2, 0.25) is 0 Å². The summed E-state index contributed by atoms with van der Waals surface area (Å²) >= 11 is 0. The maximum Gasteiger partial charge on any atom is 0.132 e. The molecule has 70 valence electrons. The number of benzene rings is 1. The van der Waals surface area contributed by atoms with Gasteiger partial charge in [-0.25, -0.2) is 4.39 Å². The van der Waals surface area contributed by atoms with Gasteiger partial charge in [0, 0.05) is 17.7 Å². The molecule has 1 atom stereocenters. The SMILES string of the molecule is N#CC1CN=C(c2ccccc2F)C1. The number of hydrogen-bond donors (Lipinski definition) is 0. The molecule has 0 amide bonds. The summed E-state index contributed by atoms with van der Waals surface area (Å²) in [5.74, 6) is -0.338. The monoisotopic (exact) mass is 188 g/mol. The summed E-state index contributed by atoms with van der Waals surface area (Å²) in [5, 5.41) is 8.68. The molecule has 3 heteroatoms. The van der Waals surface area contributed by atoms with Gasteiger partial charge in [-0.05, 0) is 6.07 Å². The second-order valence-electron chi connectivity index (χ2n) is 3.30. The number of hydrogen-bond acceptors (Lipinski definition) is 2. The maximum absolute atomic E-state index is 13.3. The van der Waals surface area contributed by atoms with E-state index in [2.05, 4.69) is 11.1 Å². The van der Waals surface area contributed by atoms with E-state index in [1.807, 2.05) is 0 Å². The van der Waals surface area contributed by atoms with Crippen LogP contribution in [0, 0.1) is 23.1 Å². The minimum atomic E-state index is -0.259. The van der Waals surface area contributed by atoms with Gasteiger partial charge in [0.15, 0.2) is 0 Å². The fraction of sp³-hybridized carbons (Fsp3) is 0.273. The molecule has 0 aromatic heterocycles. The second-order valence-corrected chi connectivity index (χ2v) is 3.30. The van der Waals surface area contributed by atoms with Crippen molar-refractivity contribution in [2.24, 2.45) is 10.9 Å². The standard InChI is InChI=1S/C11H9FN2/c12-10-4-2-1-3-9(10)11-5-8(6-13)7-14-11/h1-4,8H,5,7H2. The maximum atomic E-state index is 13.3. The highest BCUT2D eigenvalue weighted by Crippen LogP contribution is 2.19. The zero-order valence-corrected chi connectivity index (χ0v) is 7.57. The van der Waals surface area contributed by atoms with Gasteiger partial charge in [0.25, 0.3) is 0 Å². The Morgan fingerprint density at radius 1 is 1.43 bits per heavy atom. The third-order valence-electron chi connectivity index (χ3n) is 2.31.